The largest absolute Gasteiger partial charge is 0.409 e. The van der Waals surface area contributed by atoms with Gasteiger partial charge in [-0.05, 0) is 26.3 Å². The summed E-state index contributed by atoms with van der Waals surface area (Å²) in [4.78, 5) is 0. The SMILES string of the molecule is C#CC(C)NCCCC(C)(C)C(N)=NO. The number of nitrogens with one attached hydrogen (secondary N) is 1. The van der Waals surface area contributed by atoms with E-state index in [2.05, 4.69) is 16.4 Å². The number of hydrogen-bond acceptors (Lipinski definition) is 3. The molecule has 0 aliphatic carbocycles. The number of hydrogen-bond donors (Lipinski definition) is 3. The van der Waals surface area contributed by atoms with Crippen molar-refractivity contribution in [3.63, 3.8) is 0 Å². The van der Waals surface area contributed by atoms with E-state index in [1.54, 1.807) is 0 Å². The Bertz CT molecular complexity index is 253. The van der Waals surface area contributed by atoms with Crippen LogP contribution in [0.1, 0.15) is 33.6 Å². The molecule has 0 aromatic rings. The van der Waals surface area contributed by atoms with Gasteiger partial charge in [-0.3, -0.25) is 0 Å². The number of nitrogens with two attached hydrogens (primary N) is 1. The minimum absolute atomic E-state index is 0.0944. The lowest BCUT2D eigenvalue weighted by Gasteiger charge is -2.22. The van der Waals surface area contributed by atoms with Gasteiger partial charge in [-0.15, -0.1) is 6.42 Å². The van der Waals surface area contributed by atoms with E-state index < -0.39 is 0 Å². The van der Waals surface area contributed by atoms with Crippen LogP contribution in [0, 0.1) is 17.8 Å². The number of amidine groups is 1. The first kappa shape index (κ1) is 13.8. The second-order valence-electron chi connectivity index (χ2n) is 4.32. The average molecular weight is 211 g/mol. The first-order valence-corrected chi connectivity index (χ1v) is 5.11. The van der Waals surface area contributed by atoms with E-state index in [0.717, 1.165) is 19.4 Å². The van der Waals surface area contributed by atoms with Gasteiger partial charge in [0.25, 0.3) is 0 Å². The lowest BCUT2D eigenvalue weighted by atomic mass is 9.86. The molecule has 0 aromatic heterocycles. The van der Waals surface area contributed by atoms with Crippen LogP contribution in [0.15, 0.2) is 5.16 Å². The van der Waals surface area contributed by atoms with Crippen molar-refractivity contribution in [1.29, 1.82) is 0 Å². The van der Waals surface area contributed by atoms with Gasteiger partial charge in [-0.25, -0.2) is 0 Å². The third kappa shape index (κ3) is 5.28. The highest BCUT2D eigenvalue weighted by molar-refractivity contribution is 5.85. The van der Waals surface area contributed by atoms with Crippen molar-refractivity contribution < 1.29 is 5.21 Å². The Kier molecular flexibility index (Phi) is 5.80. The van der Waals surface area contributed by atoms with Crippen LogP contribution in [-0.2, 0) is 0 Å². The summed E-state index contributed by atoms with van der Waals surface area (Å²) in [5, 5.41) is 14.8. The molecule has 4 heteroatoms. The topological polar surface area (TPSA) is 70.6 Å². The number of terminal acetylenes is 1. The zero-order chi connectivity index (χ0) is 11.9. The van der Waals surface area contributed by atoms with Crippen LogP contribution in [0.2, 0.25) is 0 Å². The van der Waals surface area contributed by atoms with Crippen LogP contribution >= 0.6 is 0 Å². The highest BCUT2D eigenvalue weighted by atomic mass is 16.4. The molecule has 0 spiro atoms. The predicted molar refractivity (Wildman–Crippen MR) is 62.7 cm³/mol. The van der Waals surface area contributed by atoms with Crippen LogP contribution < -0.4 is 11.1 Å². The van der Waals surface area contributed by atoms with Gasteiger partial charge in [0.2, 0.25) is 0 Å². The molecule has 0 saturated heterocycles. The lowest BCUT2D eigenvalue weighted by Crippen LogP contribution is -2.33. The molecule has 0 aromatic carbocycles. The fourth-order valence-corrected chi connectivity index (χ4v) is 1.17. The monoisotopic (exact) mass is 211 g/mol. The van der Waals surface area contributed by atoms with Crippen LogP contribution in [0.25, 0.3) is 0 Å². The van der Waals surface area contributed by atoms with Gasteiger partial charge in [0.1, 0.15) is 5.84 Å². The molecule has 0 saturated carbocycles. The van der Waals surface area contributed by atoms with Gasteiger partial charge in [0, 0.05) is 5.41 Å². The van der Waals surface area contributed by atoms with Gasteiger partial charge in [-0.2, -0.15) is 0 Å². The van der Waals surface area contributed by atoms with Crippen LogP contribution in [-0.4, -0.2) is 23.6 Å². The number of nitrogens with zero attached hydrogens (tertiary/aromatic N) is 1. The maximum absolute atomic E-state index is 8.57. The van der Waals surface area contributed by atoms with E-state index >= 15 is 0 Å². The molecule has 0 rings (SSSR count). The van der Waals surface area contributed by atoms with Crippen molar-refractivity contribution in [2.24, 2.45) is 16.3 Å². The van der Waals surface area contributed by atoms with Gasteiger partial charge >= 0.3 is 0 Å². The normalized spacial score (nSPS) is 14.7. The van der Waals surface area contributed by atoms with Gasteiger partial charge in [-0.1, -0.05) is 24.9 Å². The Labute approximate surface area is 91.9 Å². The molecule has 0 aliphatic rings. The summed E-state index contributed by atoms with van der Waals surface area (Å²) in [5.41, 5.74) is 5.30. The Morgan fingerprint density at radius 1 is 1.67 bits per heavy atom. The summed E-state index contributed by atoms with van der Waals surface area (Å²) in [6.07, 6.45) is 7.02. The van der Waals surface area contributed by atoms with Gasteiger partial charge in [0.05, 0.1) is 6.04 Å². The molecular formula is C11H21N3O. The van der Waals surface area contributed by atoms with E-state index in [-0.39, 0.29) is 17.3 Å². The molecule has 0 fully saturated rings. The minimum atomic E-state index is -0.268. The first-order valence-electron chi connectivity index (χ1n) is 5.11. The molecule has 1 unspecified atom stereocenters. The Hall–Kier alpha value is -1.21. The molecule has 0 amide bonds. The van der Waals surface area contributed by atoms with Gasteiger partial charge in [0.15, 0.2) is 0 Å². The smallest absolute Gasteiger partial charge is 0.144 e. The van der Waals surface area contributed by atoms with Crippen LogP contribution in [0.3, 0.4) is 0 Å². The van der Waals surface area contributed by atoms with Crippen molar-refractivity contribution in [1.82, 2.24) is 5.32 Å². The molecule has 86 valence electrons. The molecule has 4 N–H and O–H groups in total. The highest BCUT2D eigenvalue weighted by Crippen LogP contribution is 2.21. The third-order valence-electron chi connectivity index (χ3n) is 2.48. The fraction of sp³-hybridized carbons (Fsp3) is 0.727. The van der Waals surface area contributed by atoms with Crippen molar-refractivity contribution >= 4 is 5.84 Å². The molecule has 0 radical (unpaired) electrons. The van der Waals surface area contributed by atoms with Crippen molar-refractivity contribution in [3.05, 3.63) is 0 Å². The number of oxime groups is 1. The Morgan fingerprint density at radius 2 is 2.27 bits per heavy atom. The van der Waals surface area contributed by atoms with Crippen molar-refractivity contribution in [2.45, 2.75) is 39.7 Å². The van der Waals surface area contributed by atoms with E-state index in [1.807, 2.05) is 20.8 Å². The fourth-order valence-electron chi connectivity index (χ4n) is 1.17. The van der Waals surface area contributed by atoms with Crippen molar-refractivity contribution in [2.75, 3.05) is 6.54 Å². The van der Waals surface area contributed by atoms with E-state index in [1.165, 1.54) is 0 Å². The second kappa shape index (κ2) is 6.31. The molecule has 1 atom stereocenters. The van der Waals surface area contributed by atoms with E-state index in [9.17, 15) is 0 Å². The van der Waals surface area contributed by atoms with E-state index in [4.69, 9.17) is 17.4 Å². The number of rotatable bonds is 6. The maximum Gasteiger partial charge on any atom is 0.144 e. The average Bonchev–Trinajstić information content (AvgIpc) is 2.22. The Balaban J connectivity index is 3.82. The quantitative estimate of drug-likeness (QED) is 0.154. The molecule has 0 bridgehead atoms. The Morgan fingerprint density at radius 3 is 2.73 bits per heavy atom. The van der Waals surface area contributed by atoms with E-state index in [0.29, 0.717) is 0 Å². The van der Waals surface area contributed by atoms with Crippen molar-refractivity contribution in [3.8, 4) is 12.3 Å². The standard InChI is InChI=1S/C11H21N3O/c1-5-9(2)13-8-6-7-11(3,4)10(12)14-15/h1,9,13,15H,6-8H2,2-4H3,(H2,12,14). The third-order valence-corrected chi connectivity index (χ3v) is 2.48. The summed E-state index contributed by atoms with van der Waals surface area (Å²) in [6, 6.07) is 0.0944. The van der Waals surface area contributed by atoms with Gasteiger partial charge < -0.3 is 16.3 Å². The molecule has 0 heterocycles. The zero-order valence-electron chi connectivity index (χ0n) is 9.75. The zero-order valence-corrected chi connectivity index (χ0v) is 9.75. The predicted octanol–water partition coefficient (Wildman–Crippen LogP) is 1.15. The summed E-state index contributed by atoms with van der Waals surface area (Å²) < 4.78 is 0. The summed E-state index contributed by atoms with van der Waals surface area (Å²) in [5.74, 6) is 2.87. The summed E-state index contributed by atoms with van der Waals surface area (Å²) >= 11 is 0. The second-order valence-corrected chi connectivity index (χ2v) is 4.32. The van der Waals surface area contributed by atoms with Crippen LogP contribution in [0.5, 0.6) is 0 Å². The molecular weight excluding hydrogens is 190 g/mol. The molecule has 0 aliphatic heterocycles. The van der Waals surface area contributed by atoms with Crippen LogP contribution in [0.4, 0.5) is 0 Å². The molecule has 4 nitrogen and oxygen atoms in total. The highest BCUT2D eigenvalue weighted by Gasteiger charge is 2.22. The maximum atomic E-state index is 8.57. The summed E-state index contributed by atoms with van der Waals surface area (Å²) in [7, 11) is 0. The summed E-state index contributed by atoms with van der Waals surface area (Å²) in [6.45, 7) is 6.68. The minimum Gasteiger partial charge on any atom is -0.409 e. The lowest BCUT2D eigenvalue weighted by molar-refractivity contribution is 0.304. The first-order chi connectivity index (χ1) is 6.94. The molecule has 15 heavy (non-hydrogen) atoms.